The number of rotatable bonds is 3. The van der Waals surface area contributed by atoms with Crippen LogP contribution in [0, 0.1) is 0 Å². The van der Waals surface area contributed by atoms with Crippen LogP contribution in [0.4, 0.5) is 13.2 Å². The number of benzene rings is 1. The number of carbonyl (C=O) groups excluding carboxylic acids is 2. The summed E-state index contributed by atoms with van der Waals surface area (Å²) in [6.45, 7) is -1.58. The van der Waals surface area contributed by atoms with Gasteiger partial charge in [0.2, 0.25) is 5.91 Å². The molecule has 1 aliphatic rings. The van der Waals surface area contributed by atoms with Crippen LogP contribution in [0.15, 0.2) is 22.7 Å². The van der Waals surface area contributed by atoms with Crippen LogP contribution in [0.1, 0.15) is 15.9 Å². The van der Waals surface area contributed by atoms with Gasteiger partial charge < -0.3 is 10.2 Å². The van der Waals surface area contributed by atoms with Gasteiger partial charge in [0.1, 0.15) is 13.1 Å². The van der Waals surface area contributed by atoms with Crippen molar-refractivity contribution in [1.82, 2.24) is 10.2 Å². The van der Waals surface area contributed by atoms with Gasteiger partial charge in [-0.15, -0.1) is 0 Å². The molecule has 1 N–H and O–H groups in total. The molecule has 8 heteroatoms. The Morgan fingerprint density at radius 3 is 2.70 bits per heavy atom. The Balaban J connectivity index is 1.99. The second kappa shape index (κ2) is 5.43. The highest BCUT2D eigenvalue weighted by molar-refractivity contribution is 9.10. The third-order valence-electron chi connectivity index (χ3n) is 2.78. The van der Waals surface area contributed by atoms with Gasteiger partial charge in [0.25, 0.3) is 5.91 Å². The maximum absolute atomic E-state index is 12.0. The molecule has 0 spiro atoms. The van der Waals surface area contributed by atoms with E-state index >= 15 is 0 Å². The molecule has 20 heavy (non-hydrogen) atoms. The van der Waals surface area contributed by atoms with Gasteiger partial charge in [0, 0.05) is 11.0 Å². The number of alkyl halides is 3. The van der Waals surface area contributed by atoms with E-state index < -0.39 is 25.2 Å². The summed E-state index contributed by atoms with van der Waals surface area (Å²) in [5.74, 6) is -1.20. The summed E-state index contributed by atoms with van der Waals surface area (Å²) < 4.78 is 36.5. The van der Waals surface area contributed by atoms with Crippen molar-refractivity contribution in [3.05, 3.63) is 33.8 Å². The number of halogens is 4. The average molecular weight is 351 g/mol. The molecule has 0 saturated heterocycles. The minimum Gasteiger partial charge on any atom is -0.345 e. The Kier molecular flexibility index (Phi) is 4.03. The van der Waals surface area contributed by atoms with Crippen molar-refractivity contribution in [1.29, 1.82) is 0 Å². The van der Waals surface area contributed by atoms with Crippen LogP contribution in [0.3, 0.4) is 0 Å². The SMILES string of the molecule is O=C(CN1Cc2cccc(Br)c2C1=O)NCC(F)(F)F. The number of nitrogens with one attached hydrogen (secondary N) is 1. The highest BCUT2D eigenvalue weighted by atomic mass is 79.9. The van der Waals surface area contributed by atoms with E-state index in [0.717, 1.165) is 5.56 Å². The molecule has 0 aliphatic carbocycles. The molecule has 2 rings (SSSR count). The van der Waals surface area contributed by atoms with E-state index in [-0.39, 0.29) is 12.5 Å². The number of hydrogen-bond acceptors (Lipinski definition) is 2. The van der Waals surface area contributed by atoms with E-state index in [1.165, 1.54) is 4.90 Å². The minimum absolute atomic E-state index is 0.215. The van der Waals surface area contributed by atoms with E-state index in [0.29, 0.717) is 10.0 Å². The quantitative estimate of drug-likeness (QED) is 0.907. The zero-order valence-electron chi connectivity index (χ0n) is 10.1. The first-order chi connectivity index (χ1) is 9.28. The van der Waals surface area contributed by atoms with Gasteiger partial charge in [-0.1, -0.05) is 12.1 Å². The summed E-state index contributed by atoms with van der Waals surface area (Å²) in [4.78, 5) is 24.7. The van der Waals surface area contributed by atoms with Crippen LogP contribution >= 0.6 is 15.9 Å². The van der Waals surface area contributed by atoms with Gasteiger partial charge in [0.15, 0.2) is 0 Å². The van der Waals surface area contributed by atoms with E-state index in [1.807, 2.05) is 0 Å². The monoisotopic (exact) mass is 350 g/mol. The van der Waals surface area contributed by atoms with Crippen molar-refractivity contribution in [2.24, 2.45) is 0 Å². The first-order valence-electron chi connectivity index (χ1n) is 5.68. The maximum atomic E-state index is 12.0. The predicted octanol–water partition coefficient (Wildman–Crippen LogP) is 2.08. The highest BCUT2D eigenvalue weighted by Crippen LogP contribution is 2.29. The molecule has 2 amide bonds. The average Bonchev–Trinajstić information content (AvgIpc) is 2.64. The molecule has 1 aromatic rings. The molecule has 0 fully saturated rings. The molecule has 0 radical (unpaired) electrons. The van der Waals surface area contributed by atoms with Gasteiger partial charge in [-0.3, -0.25) is 9.59 Å². The minimum atomic E-state index is -4.46. The fourth-order valence-electron chi connectivity index (χ4n) is 1.93. The Morgan fingerprint density at radius 1 is 1.40 bits per heavy atom. The maximum Gasteiger partial charge on any atom is 0.405 e. The van der Waals surface area contributed by atoms with Gasteiger partial charge in [-0.25, -0.2) is 0 Å². The van der Waals surface area contributed by atoms with Gasteiger partial charge >= 0.3 is 6.18 Å². The summed E-state index contributed by atoms with van der Waals surface area (Å²) >= 11 is 3.24. The van der Waals surface area contributed by atoms with Crippen LogP contribution in [-0.4, -0.2) is 36.0 Å². The van der Waals surface area contributed by atoms with E-state index in [2.05, 4.69) is 15.9 Å². The predicted molar refractivity (Wildman–Crippen MR) is 67.9 cm³/mol. The molecule has 0 unspecified atom stereocenters. The van der Waals surface area contributed by atoms with Gasteiger partial charge in [-0.05, 0) is 27.6 Å². The third-order valence-corrected chi connectivity index (χ3v) is 3.44. The highest BCUT2D eigenvalue weighted by Gasteiger charge is 2.32. The normalized spacial score (nSPS) is 14.4. The van der Waals surface area contributed by atoms with E-state index in [4.69, 9.17) is 0 Å². The van der Waals surface area contributed by atoms with Crippen molar-refractivity contribution in [3.8, 4) is 0 Å². The van der Waals surface area contributed by atoms with Crippen LogP contribution in [-0.2, 0) is 11.3 Å². The second-order valence-corrected chi connectivity index (χ2v) is 5.18. The molecular weight excluding hydrogens is 341 g/mol. The molecule has 4 nitrogen and oxygen atoms in total. The van der Waals surface area contributed by atoms with Crippen LogP contribution in [0.2, 0.25) is 0 Å². The lowest BCUT2D eigenvalue weighted by atomic mass is 10.1. The fraction of sp³-hybridized carbons (Fsp3) is 0.333. The first-order valence-corrected chi connectivity index (χ1v) is 6.47. The van der Waals surface area contributed by atoms with Gasteiger partial charge in [-0.2, -0.15) is 13.2 Å². The molecule has 0 atom stereocenters. The number of nitrogens with zero attached hydrogens (tertiary/aromatic N) is 1. The Labute approximate surface area is 121 Å². The number of hydrogen-bond donors (Lipinski definition) is 1. The smallest absolute Gasteiger partial charge is 0.345 e. The second-order valence-electron chi connectivity index (χ2n) is 4.33. The van der Waals surface area contributed by atoms with E-state index in [9.17, 15) is 22.8 Å². The number of amides is 2. The standard InChI is InChI=1S/C12H10BrF3N2O2/c13-8-3-1-2-7-4-18(11(20)10(7)8)5-9(19)17-6-12(14,15)16/h1-3H,4-6H2,(H,17,19). The summed E-state index contributed by atoms with van der Waals surface area (Å²) in [5.41, 5.74) is 1.20. The topological polar surface area (TPSA) is 49.4 Å². The summed E-state index contributed by atoms with van der Waals surface area (Å²) in [6, 6.07) is 5.19. The van der Waals surface area contributed by atoms with Crippen molar-refractivity contribution >= 4 is 27.7 Å². The lowest BCUT2D eigenvalue weighted by Gasteiger charge is -2.15. The van der Waals surface area contributed by atoms with Crippen molar-refractivity contribution in [2.75, 3.05) is 13.1 Å². The van der Waals surface area contributed by atoms with Gasteiger partial charge in [0.05, 0.1) is 5.56 Å². The molecule has 1 heterocycles. The van der Waals surface area contributed by atoms with Crippen molar-refractivity contribution < 1.29 is 22.8 Å². The summed E-state index contributed by atoms with van der Waals surface area (Å²) in [7, 11) is 0. The van der Waals surface area contributed by atoms with Crippen LogP contribution < -0.4 is 5.32 Å². The Hall–Kier alpha value is -1.57. The van der Waals surface area contributed by atoms with Crippen molar-refractivity contribution in [2.45, 2.75) is 12.7 Å². The Morgan fingerprint density at radius 2 is 2.10 bits per heavy atom. The number of fused-ring (bicyclic) bond motifs is 1. The molecule has 108 valence electrons. The summed E-state index contributed by atoms with van der Waals surface area (Å²) in [6.07, 6.45) is -4.46. The lowest BCUT2D eigenvalue weighted by molar-refractivity contribution is -0.138. The number of carbonyl (C=O) groups is 2. The molecule has 0 saturated carbocycles. The van der Waals surface area contributed by atoms with Crippen LogP contribution in [0.25, 0.3) is 0 Å². The largest absolute Gasteiger partial charge is 0.405 e. The zero-order valence-corrected chi connectivity index (χ0v) is 11.7. The first kappa shape index (κ1) is 14.8. The van der Waals surface area contributed by atoms with E-state index in [1.54, 1.807) is 23.5 Å². The third kappa shape index (κ3) is 3.30. The molecule has 1 aliphatic heterocycles. The summed E-state index contributed by atoms with van der Waals surface area (Å²) in [5, 5.41) is 1.74. The molecule has 1 aromatic carbocycles. The molecule has 0 bridgehead atoms. The molecular formula is C12H10BrF3N2O2. The Bertz CT molecular complexity index is 560. The lowest BCUT2D eigenvalue weighted by Crippen LogP contribution is -2.41. The van der Waals surface area contributed by atoms with Crippen LogP contribution in [0.5, 0.6) is 0 Å². The fourth-order valence-corrected chi connectivity index (χ4v) is 2.51. The molecule has 0 aromatic heterocycles. The van der Waals surface area contributed by atoms with Crippen molar-refractivity contribution in [3.63, 3.8) is 0 Å². The zero-order chi connectivity index (χ0) is 14.9.